The van der Waals surface area contributed by atoms with Crippen molar-refractivity contribution in [3.63, 3.8) is 0 Å². The van der Waals surface area contributed by atoms with E-state index >= 15 is 0 Å². The molecule has 6 heteroatoms. The van der Waals surface area contributed by atoms with E-state index in [9.17, 15) is 14.4 Å². The molecule has 0 aromatic heterocycles. The van der Waals surface area contributed by atoms with Gasteiger partial charge >= 0.3 is 17.9 Å². The van der Waals surface area contributed by atoms with Gasteiger partial charge in [0.15, 0.2) is 6.10 Å². The third-order valence-electron chi connectivity index (χ3n) is 9.77. The predicted molar refractivity (Wildman–Crippen MR) is 215 cm³/mol. The Hall–Kier alpha value is -1.85. The number of unbranched alkanes of at least 4 members (excludes halogenated alkanes) is 27. The van der Waals surface area contributed by atoms with Crippen molar-refractivity contribution in [1.82, 2.24) is 0 Å². The second-order valence-corrected chi connectivity index (χ2v) is 15.0. The van der Waals surface area contributed by atoms with Crippen molar-refractivity contribution in [2.24, 2.45) is 0 Å². The van der Waals surface area contributed by atoms with E-state index in [1.165, 1.54) is 128 Å². The molecular weight excluding hydrogens is 636 g/mol. The van der Waals surface area contributed by atoms with Crippen LogP contribution in [-0.2, 0) is 28.6 Å². The maximum absolute atomic E-state index is 12.6. The normalized spacial score (nSPS) is 12.0. The third kappa shape index (κ3) is 39.2. The van der Waals surface area contributed by atoms with E-state index in [4.69, 9.17) is 14.2 Å². The molecule has 0 aromatic rings. The summed E-state index contributed by atoms with van der Waals surface area (Å²) >= 11 is 0. The van der Waals surface area contributed by atoms with Crippen molar-refractivity contribution >= 4 is 17.9 Å². The first-order valence-electron chi connectivity index (χ1n) is 22.2. The summed E-state index contributed by atoms with van der Waals surface area (Å²) in [4.78, 5) is 37.4. The summed E-state index contributed by atoms with van der Waals surface area (Å²) < 4.78 is 16.6. The highest BCUT2D eigenvalue weighted by Crippen LogP contribution is 2.15. The highest BCUT2D eigenvalue weighted by atomic mass is 16.6. The van der Waals surface area contributed by atoms with Gasteiger partial charge in [0, 0.05) is 19.3 Å². The van der Waals surface area contributed by atoms with Crippen LogP contribution in [0.4, 0.5) is 0 Å². The molecule has 0 fully saturated rings. The van der Waals surface area contributed by atoms with Crippen molar-refractivity contribution in [2.75, 3.05) is 13.2 Å². The molecule has 0 saturated heterocycles. The molecule has 0 spiro atoms. The quantitative estimate of drug-likeness (QED) is 0.0271. The average molecular weight is 721 g/mol. The lowest BCUT2D eigenvalue weighted by Gasteiger charge is -2.18. The molecule has 6 nitrogen and oxygen atoms in total. The lowest BCUT2D eigenvalue weighted by molar-refractivity contribution is -0.167. The average Bonchev–Trinajstić information content (AvgIpc) is 3.12. The minimum Gasteiger partial charge on any atom is -0.462 e. The molecule has 51 heavy (non-hydrogen) atoms. The van der Waals surface area contributed by atoms with Gasteiger partial charge in [0.2, 0.25) is 0 Å². The molecule has 300 valence electrons. The second kappa shape index (κ2) is 40.9. The fraction of sp³-hybridized carbons (Fsp3) is 0.889. The van der Waals surface area contributed by atoms with Crippen molar-refractivity contribution < 1.29 is 28.6 Å². The zero-order valence-electron chi connectivity index (χ0n) is 34.1. The largest absolute Gasteiger partial charge is 0.462 e. The van der Waals surface area contributed by atoms with Crippen LogP contribution < -0.4 is 0 Å². The van der Waals surface area contributed by atoms with Crippen molar-refractivity contribution in [3.8, 4) is 0 Å². The van der Waals surface area contributed by atoms with E-state index in [0.717, 1.165) is 70.6 Å². The van der Waals surface area contributed by atoms with Crippen LogP contribution in [0.1, 0.15) is 239 Å². The second-order valence-electron chi connectivity index (χ2n) is 15.0. The predicted octanol–water partition coefficient (Wildman–Crippen LogP) is 13.9. The highest BCUT2D eigenvalue weighted by molar-refractivity contribution is 5.71. The summed E-state index contributed by atoms with van der Waals surface area (Å²) in [6.07, 6.45) is 42.2. The van der Waals surface area contributed by atoms with Crippen LogP contribution in [0.2, 0.25) is 0 Å². The number of allylic oxidation sites excluding steroid dienone is 2. The minimum absolute atomic E-state index is 0.0706. The number of carbonyl (C=O) groups is 3. The molecule has 0 heterocycles. The van der Waals surface area contributed by atoms with E-state index in [1.807, 2.05) is 0 Å². The smallest absolute Gasteiger partial charge is 0.306 e. The van der Waals surface area contributed by atoms with Gasteiger partial charge in [-0.25, -0.2) is 0 Å². The summed E-state index contributed by atoms with van der Waals surface area (Å²) in [5, 5.41) is 0. The Balaban J connectivity index is 4.22. The van der Waals surface area contributed by atoms with E-state index in [2.05, 4.69) is 32.9 Å². The molecule has 1 unspecified atom stereocenters. The van der Waals surface area contributed by atoms with Crippen molar-refractivity contribution in [2.45, 2.75) is 245 Å². The third-order valence-corrected chi connectivity index (χ3v) is 9.77. The van der Waals surface area contributed by atoms with Crippen molar-refractivity contribution in [3.05, 3.63) is 12.2 Å². The van der Waals surface area contributed by atoms with Gasteiger partial charge in [-0.3, -0.25) is 14.4 Å². The molecular formula is C45H84O6. The molecule has 0 aliphatic carbocycles. The molecule has 0 saturated carbocycles. The van der Waals surface area contributed by atoms with E-state index in [-0.39, 0.29) is 31.1 Å². The summed E-state index contributed by atoms with van der Waals surface area (Å²) in [7, 11) is 0. The molecule has 0 bridgehead atoms. The Bertz CT molecular complexity index is 794. The van der Waals surface area contributed by atoms with Gasteiger partial charge in [0.25, 0.3) is 0 Å². The zero-order valence-corrected chi connectivity index (χ0v) is 34.1. The zero-order chi connectivity index (χ0) is 37.3. The van der Waals surface area contributed by atoms with Crippen LogP contribution in [0, 0.1) is 0 Å². The van der Waals surface area contributed by atoms with Gasteiger partial charge in [-0.2, -0.15) is 0 Å². The monoisotopic (exact) mass is 721 g/mol. The van der Waals surface area contributed by atoms with Gasteiger partial charge in [-0.15, -0.1) is 0 Å². The first kappa shape index (κ1) is 49.1. The van der Waals surface area contributed by atoms with E-state index in [0.29, 0.717) is 19.3 Å². The van der Waals surface area contributed by atoms with E-state index < -0.39 is 6.10 Å². The standard InChI is InChI=1S/C45H84O6/c1-4-7-10-13-15-17-19-21-22-24-25-27-29-32-35-38-44(47)50-41-42(40-49-43(46)37-34-31-12-9-6-3)51-45(48)39-36-33-30-28-26-23-20-18-16-14-11-8-5-2/h21-22,42H,4-20,23-41H2,1-3H3/b22-21-. The Morgan fingerprint density at radius 3 is 0.980 bits per heavy atom. The molecule has 0 aromatic carbocycles. The van der Waals surface area contributed by atoms with Gasteiger partial charge in [0.05, 0.1) is 0 Å². The molecule has 0 aliphatic heterocycles. The lowest BCUT2D eigenvalue weighted by atomic mass is 10.0. The number of hydrogen-bond acceptors (Lipinski definition) is 6. The first-order chi connectivity index (χ1) is 25.0. The molecule has 0 rings (SSSR count). The summed E-state index contributed by atoms with van der Waals surface area (Å²) in [6.45, 7) is 6.55. The summed E-state index contributed by atoms with van der Waals surface area (Å²) in [6, 6.07) is 0. The molecule has 0 N–H and O–H groups in total. The highest BCUT2D eigenvalue weighted by Gasteiger charge is 2.19. The minimum atomic E-state index is -0.762. The Morgan fingerprint density at radius 2 is 0.647 bits per heavy atom. The first-order valence-corrected chi connectivity index (χ1v) is 22.2. The fourth-order valence-corrected chi connectivity index (χ4v) is 6.38. The topological polar surface area (TPSA) is 78.9 Å². The van der Waals surface area contributed by atoms with Gasteiger partial charge in [-0.1, -0.05) is 187 Å². The van der Waals surface area contributed by atoms with Crippen molar-refractivity contribution in [1.29, 1.82) is 0 Å². The SMILES string of the molecule is CCCCCCCC/C=C\CCCCCCCC(=O)OCC(COC(=O)CCCCCCC)OC(=O)CCCCCCCCCCCCCCC. The van der Waals surface area contributed by atoms with Gasteiger partial charge in [-0.05, 0) is 44.9 Å². The van der Waals surface area contributed by atoms with E-state index in [1.54, 1.807) is 0 Å². The molecule has 1 atom stereocenters. The summed E-state index contributed by atoms with van der Waals surface area (Å²) in [5.41, 5.74) is 0. The van der Waals surface area contributed by atoms with Crippen LogP contribution in [0.25, 0.3) is 0 Å². The number of carbonyl (C=O) groups excluding carboxylic acids is 3. The Morgan fingerprint density at radius 1 is 0.373 bits per heavy atom. The Kier molecular flexibility index (Phi) is 39.4. The number of hydrogen-bond donors (Lipinski definition) is 0. The molecule has 0 amide bonds. The number of esters is 3. The van der Waals surface area contributed by atoms with Gasteiger partial charge < -0.3 is 14.2 Å². The molecule has 0 radical (unpaired) electrons. The summed E-state index contributed by atoms with van der Waals surface area (Å²) in [5.74, 6) is -0.886. The number of ether oxygens (including phenoxy) is 3. The van der Waals surface area contributed by atoms with Crippen LogP contribution in [0.3, 0.4) is 0 Å². The maximum Gasteiger partial charge on any atom is 0.306 e. The van der Waals surface area contributed by atoms with Crippen LogP contribution in [-0.4, -0.2) is 37.2 Å². The Labute approximate surface area is 316 Å². The fourth-order valence-electron chi connectivity index (χ4n) is 6.38. The van der Waals surface area contributed by atoms with Crippen LogP contribution in [0.15, 0.2) is 12.2 Å². The van der Waals surface area contributed by atoms with Gasteiger partial charge in [0.1, 0.15) is 13.2 Å². The maximum atomic E-state index is 12.6. The van der Waals surface area contributed by atoms with Crippen LogP contribution >= 0.6 is 0 Å². The molecule has 0 aliphatic rings. The van der Waals surface area contributed by atoms with Crippen LogP contribution in [0.5, 0.6) is 0 Å². The number of rotatable bonds is 40. The lowest BCUT2D eigenvalue weighted by Crippen LogP contribution is -2.30.